The van der Waals surface area contributed by atoms with E-state index in [2.05, 4.69) is 4.90 Å². The third kappa shape index (κ3) is 1.61. The molecule has 4 nitrogen and oxygen atoms in total. The van der Waals surface area contributed by atoms with Crippen molar-refractivity contribution in [2.24, 2.45) is 0 Å². The zero-order valence-electron chi connectivity index (χ0n) is 9.05. The third-order valence-corrected chi connectivity index (χ3v) is 4.60. The standard InChI is InChI=1S/C10H17NO3S/c1-10(2)13-7-6(12)5-11-3-4-15-9(11)8(7)14-10/h6-9,12H,3-5H2,1-2H3. The first-order valence-electron chi connectivity index (χ1n) is 5.46. The van der Waals surface area contributed by atoms with Crippen molar-refractivity contribution in [3.05, 3.63) is 0 Å². The van der Waals surface area contributed by atoms with Crippen molar-refractivity contribution in [1.29, 1.82) is 0 Å². The Morgan fingerprint density at radius 3 is 2.87 bits per heavy atom. The molecular weight excluding hydrogens is 214 g/mol. The number of ether oxygens (including phenoxy) is 2. The Balaban J connectivity index is 1.85. The van der Waals surface area contributed by atoms with E-state index >= 15 is 0 Å². The predicted octanol–water partition coefficient (Wildman–Crippen LogP) is 0.256. The maximum atomic E-state index is 10.0. The summed E-state index contributed by atoms with van der Waals surface area (Å²) in [6, 6.07) is 0. The summed E-state index contributed by atoms with van der Waals surface area (Å²) in [5.41, 5.74) is 0. The summed E-state index contributed by atoms with van der Waals surface area (Å²) in [7, 11) is 0. The molecular formula is C10H17NO3S. The largest absolute Gasteiger partial charge is 0.389 e. The number of aliphatic hydroxyl groups excluding tert-OH is 1. The SMILES string of the molecule is CC1(C)OC2C(O)CN3CCSC3C2O1. The molecule has 0 amide bonds. The number of fused-ring (bicyclic) bond motifs is 3. The average molecular weight is 231 g/mol. The third-order valence-electron chi connectivity index (χ3n) is 3.27. The van der Waals surface area contributed by atoms with Crippen LogP contribution in [0.5, 0.6) is 0 Å². The second-order valence-electron chi connectivity index (χ2n) is 4.89. The van der Waals surface area contributed by atoms with Gasteiger partial charge in [-0.3, -0.25) is 4.90 Å². The van der Waals surface area contributed by atoms with E-state index in [1.54, 1.807) is 0 Å². The number of aliphatic hydroxyl groups is 1. The van der Waals surface area contributed by atoms with Gasteiger partial charge in [-0.2, -0.15) is 0 Å². The van der Waals surface area contributed by atoms with Crippen molar-refractivity contribution in [2.45, 2.75) is 43.3 Å². The van der Waals surface area contributed by atoms with Crippen molar-refractivity contribution in [2.75, 3.05) is 18.8 Å². The fourth-order valence-electron chi connectivity index (χ4n) is 2.70. The predicted molar refractivity (Wildman–Crippen MR) is 57.7 cm³/mol. The Morgan fingerprint density at radius 1 is 1.33 bits per heavy atom. The van der Waals surface area contributed by atoms with E-state index in [-0.39, 0.29) is 12.2 Å². The minimum Gasteiger partial charge on any atom is -0.389 e. The van der Waals surface area contributed by atoms with Crippen molar-refractivity contribution >= 4 is 11.8 Å². The van der Waals surface area contributed by atoms with Gasteiger partial charge in [-0.1, -0.05) is 0 Å². The summed E-state index contributed by atoms with van der Waals surface area (Å²) in [5, 5.41) is 10.4. The van der Waals surface area contributed by atoms with Crippen molar-refractivity contribution in [3.8, 4) is 0 Å². The van der Waals surface area contributed by atoms with Crippen molar-refractivity contribution < 1.29 is 14.6 Å². The Hall–Kier alpha value is 0.190. The van der Waals surface area contributed by atoms with Gasteiger partial charge < -0.3 is 14.6 Å². The van der Waals surface area contributed by atoms with Crippen molar-refractivity contribution in [3.63, 3.8) is 0 Å². The Kier molecular flexibility index (Phi) is 2.30. The molecule has 0 aromatic carbocycles. The maximum Gasteiger partial charge on any atom is 0.164 e. The fourth-order valence-corrected chi connectivity index (χ4v) is 4.08. The Morgan fingerprint density at radius 2 is 2.07 bits per heavy atom. The van der Waals surface area contributed by atoms with Crippen molar-refractivity contribution in [1.82, 2.24) is 4.90 Å². The summed E-state index contributed by atoms with van der Waals surface area (Å²) in [5.74, 6) is 0.583. The van der Waals surface area contributed by atoms with Crippen LogP contribution in [-0.4, -0.2) is 58.3 Å². The summed E-state index contributed by atoms with van der Waals surface area (Å²) < 4.78 is 11.7. The number of hydrogen-bond donors (Lipinski definition) is 1. The molecule has 3 fully saturated rings. The van der Waals surface area contributed by atoms with Crippen LogP contribution < -0.4 is 0 Å². The van der Waals surface area contributed by atoms with E-state index in [0.29, 0.717) is 5.37 Å². The lowest BCUT2D eigenvalue weighted by atomic mass is 10.0. The van der Waals surface area contributed by atoms with Crippen LogP contribution in [0.15, 0.2) is 0 Å². The lowest BCUT2D eigenvalue weighted by Crippen LogP contribution is -2.56. The Bertz CT molecular complexity index is 273. The number of rotatable bonds is 0. The molecule has 15 heavy (non-hydrogen) atoms. The monoisotopic (exact) mass is 231 g/mol. The molecule has 86 valence electrons. The first kappa shape index (κ1) is 10.4. The summed E-state index contributed by atoms with van der Waals surface area (Å²) >= 11 is 1.92. The number of piperidine rings is 1. The van der Waals surface area contributed by atoms with Gasteiger partial charge in [-0.25, -0.2) is 0 Å². The quantitative estimate of drug-likeness (QED) is 0.647. The molecule has 0 bridgehead atoms. The van der Waals surface area contributed by atoms with E-state index in [4.69, 9.17) is 9.47 Å². The molecule has 1 N–H and O–H groups in total. The topological polar surface area (TPSA) is 41.9 Å². The molecule has 3 heterocycles. The Labute approximate surface area is 93.9 Å². The van der Waals surface area contributed by atoms with Gasteiger partial charge in [-0.15, -0.1) is 11.8 Å². The minimum atomic E-state index is -0.546. The normalized spacial score (nSPS) is 49.0. The highest BCUT2D eigenvalue weighted by molar-refractivity contribution is 8.00. The summed E-state index contributed by atoms with van der Waals surface area (Å²) in [6.07, 6.45) is -0.533. The van der Waals surface area contributed by atoms with E-state index in [0.717, 1.165) is 18.8 Å². The average Bonchev–Trinajstić information content (AvgIpc) is 2.67. The van der Waals surface area contributed by atoms with Gasteiger partial charge in [0.05, 0.1) is 11.5 Å². The van der Waals surface area contributed by atoms with Crippen LogP contribution in [-0.2, 0) is 9.47 Å². The molecule has 0 aliphatic carbocycles. The molecule has 3 saturated heterocycles. The van der Waals surface area contributed by atoms with E-state index < -0.39 is 11.9 Å². The number of nitrogens with zero attached hydrogens (tertiary/aromatic N) is 1. The van der Waals surface area contributed by atoms with Gasteiger partial charge in [0.25, 0.3) is 0 Å². The molecule has 0 radical (unpaired) electrons. The van der Waals surface area contributed by atoms with Gasteiger partial charge in [0.2, 0.25) is 0 Å². The molecule has 3 rings (SSSR count). The zero-order valence-corrected chi connectivity index (χ0v) is 9.87. The molecule has 3 aliphatic heterocycles. The van der Waals surface area contributed by atoms with Crippen LogP contribution >= 0.6 is 11.8 Å². The molecule has 4 unspecified atom stereocenters. The fraction of sp³-hybridized carbons (Fsp3) is 1.00. The second kappa shape index (κ2) is 3.34. The number of thioether (sulfide) groups is 1. The van der Waals surface area contributed by atoms with E-state index in [9.17, 15) is 5.11 Å². The highest BCUT2D eigenvalue weighted by Gasteiger charge is 2.54. The van der Waals surface area contributed by atoms with E-state index in [1.807, 2.05) is 25.6 Å². The van der Waals surface area contributed by atoms with Crippen LogP contribution in [0.4, 0.5) is 0 Å². The van der Waals surface area contributed by atoms with Gasteiger partial charge in [0, 0.05) is 18.8 Å². The second-order valence-corrected chi connectivity index (χ2v) is 6.11. The highest BCUT2D eigenvalue weighted by atomic mass is 32.2. The highest BCUT2D eigenvalue weighted by Crippen LogP contribution is 2.42. The van der Waals surface area contributed by atoms with E-state index in [1.165, 1.54) is 0 Å². The van der Waals surface area contributed by atoms with Crippen LogP contribution in [0.25, 0.3) is 0 Å². The smallest absolute Gasteiger partial charge is 0.164 e. The van der Waals surface area contributed by atoms with Crippen LogP contribution in [0.1, 0.15) is 13.8 Å². The van der Waals surface area contributed by atoms with Gasteiger partial charge in [-0.05, 0) is 13.8 Å². The minimum absolute atomic E-state index is 0.0243. The lowest BCUT2D eigenvalue weighted by molar-refractivity contribution is -0.152. The molecule has 3 aliphatic rings. The molecule has 5 heteroatoms. The lowest BCUT2D eigenvalue weighted by Gasteiger charge is -2.38. The maximum absolute atomic E-state index is 10.0. The van der Waals surface area contributed by atoms with Crippen LogP contribution in [0, 0.1) is 0 Å². The van der Waals surface area contributed by atoms with Crippen LogP contribution in [0.2, 0.25) is 0 Å². The first-order chi connectivity index (χ1) is 7.07. The van der Waals surface area contributed by atoms with Gasteiger partial charge in [0.15, 0.2) is 5.79 Å². The molecule has 0 spiro atoms. The zero-order chi connectivity index (χ0) is 10.6. The molecule has 0 saturated carbocycles. The van der Waals surface area contributed by atoms with Gasteiger partial charge in [0.1, 0.15) is 12.2 Å². The summed E-state index contributed by atoms with van der Waals surface area (Å²) in [6.45, 7) is 5.61. The van der Waals surface area contributed by atoms with Crippen LogP contribution in [0.3, 0.4) is 0 Å². The molecule has 0 aromatic rings. The summed E-state index contributed by atoms with van der Waals surface area (Å²) in [4.78, 5) is 2.31. The molecule has 0 aromatic heterocycles. The van der Waals surface area contributed by atoms with Gasteiger partial charge >= 0.3 is 0 Å². The number of hydrogen-bond acceptors (Lipinski definition) is 5. The molecule has 4 atom stereocenters. The first-order valence-corrected chi connectivity index (χ1v) is 6.51.